The van der Waals surface area contributed by atoms with Crippen molar-refractivity contribution >= 4 is 11.8 Å². The molecule has 4 aliphatic heterocycles. The zero-order valence-corrected chi connectivity index (χ0v) is 16.5. The summed E-state index contributed by atoms with van der Waals surface area (Å²) in [5, 5.41) is 0. The number of nitrogens with zero attached hydrogens (tertiary/aromatic N) is 2. The summed E-state index contributed by atoms with van der Waals surface area (Å²) in [5.41, 5.74) is 0.682. The summed E-state index contributed by atoms with van der Waals surface area (Å²) in [6.45, 7) is 3.73. The van der Waals surface area contributed by atoms with Crippen LogP contribution in [0.15, 0.2) is 30.3 Å². The number of carbonyl (C=O) groups excluding carboxylic acids is 2. The van der Waals surface area contributed by atoms with Gasteiger partial charge in [-0.15, -0.1) is 0 Å². The zero-order valence-electron chi connectivity index (χ0n) is 16.5. The van der Waals surface area contributed by atoms with Gasteiger partial charge in [-0.1, -0.05) is 30.3 Å². The number of hydrogen-bond acceptors (Lipinski definition) is 3. The van der Waals surface area contributed by atoms with E-state index in [9.17, 15) is 9.59 Å². The molecule has 0 aliphatic carbocycles. The van der Waals surface area contributed by atoms with Crippen LogP contribution in [0.25, 0.3) is 0 Å². The molecule has 2 amide bonds. The second-order valence-electron chi connectivity index (χ2n) is 9.14. The second-order valence-corrected chi connectivity index (χ2v) is 9.14. The van der Waals surface area contributed by atoms with Gasteiger partial charge in [-0.3, -0.25) is 9.59 Å². The molecule has 0 N–H and O–H groups in total. The summed E-state index contributed by atoms with van der Waals surface area (Å²) in [7, 11) is 0. The zero-order chi connectivity index (χ0) is 19.1. The molecule has 0 aromatic heterocycles. The number of piperidine rings is 3. The molecular weight excluding hydrogens is 352 g/mol. The largest absolute Gasteiger partial charge is 0.381 e. The maximum Gasteiger partial charge on any atom is 0.233 e. The Balaban J connectivity index is 1.41. The number of amides is 2. The highest BCUT2D eigenvalue weighted by molar-refractivity contribution is 5.88. The average molecular weight is 383 g/mol. The number of ether oxygens (including phenoxy) is 1. The number of fused-ring (bicyclic) bond motifs is 4. The van der Waals surface area contributed by atoms with Crippen molar-refractivity contribution in [3.63, 3.8) is 0 Å². The van der Waals surface area contributed by atoms with E-state index in [4.69, 9.17) is 4.74 Å². The van der Waals surface area contributed by atoms with E-state index in [1.165, 1.54) is 6.42 Å². The van der Waals surface area contributed by atoms with Crippen molar-refractivity contribution in [2.75, 3.05) is 32.8 Å². The smallest absolute Gasteiger partial charge is 0.233 e. The van der Waals surface area contributed by atoms with Gasteiger partial charge >= 0.3 is 0 Å². The highest BCUT2D eigenvalue weighted by Gasteiger charge is 2.49. The molecule has 1 aromatic rings. The monoisotopic (exact) mass is 382 g/mol. The molecule has 0 radical (unpaired) electrons. The van der Waals surface area contributed by atoms with Crippen molar-refractivity contribution in [2.24, 2.45) is 11.8 Å². The van der Waals surface area contributed by atoms with Crippen LogP contribution in [-0.2, 0) is 19.7 Å². The van der Waals surface area contributed by atoms with E-state index in [0.29, 0.717) is 43.4 Å². The Morgan fingerprint density at radius 3 is 2.64 bits per heavy atom. The van der Waals surface area contributed by atoms with Gasteiger partial charge in [0.25, 0.3) is 0 Å². The van der Waals surface area contributed by atoms with Crippen LogP contribution in [0.3, 0.4) is 0 Å². The lowest BCUT2D eigenvalue weighted by Crippen LogP contribution is -2.63. The Morgan fingerprint density at radius 1 is 1.07 bits per heavy atom. The summed E-state index contributed by atoms with van der Waals surface area (Å²) in [4.78, 5) is 30.6. The molecular formula is C23H30N2O3. The Kier molecular flexibility index (Phi) is 4.66. The Labute approximate surface area is 167 Å². The molecule has 5 nitrogen and oxygen atoms in total. The summed E-state index contributed by atoms with van der Waals surface area (Å²) in [6, 6.07) is 10.6. The SMILES string of the molecule is O=C1CCCC2[C@H]3C[C@H](CN(C(=O)C4(c5ccccc5)CCOCC4)C3)CN12. The lowest BCUT2D eigenvalue weighted by atomic mass is 9.71. The molecule has 0 spiro atoms. The molecule has 28 heavy (non-hydrogen) atoms. The van der Waals surface area contributed by atoms with E-state index in [2.05, 4.69) is 21.9 Å². The first-order valence-corrected chi connectivity index (χ1v) is 10.9. The van der Waals surface area contributed by atoms with Gasteiger partial charge in [0, 0.05) is 45.3 Å². The van der Waals surface area contributed by atoms with Crippen LogP contribution in [0.2, 0.25) is 0 Å². The van der Waals surface area contributed by atoms with Crippen molar-refractivity contribution in [1.82, 2.24) is 9.80 Å². The first kappa shape index (κ1) is 18.2. The van der Waals surface area contributed by atoms with Crippen LogP contribution in [0.5, 0.6) is 0 Å². The molecule has 5 heteroatoms. The number of likely N-dealkylation sites (tertiary alicyclic amines) is 1. The molecule has 4 fully saturated rings. The molecule has 1 unspecified atom stereocenters. The average Bonchev–Trinajstić information content (AvgIpc) is 2.75. The maximum atomic E-state index is 13.9. The molecule has 0 saturated carbocycles. The molecule has 5 rings (SSSR count). The van der Waals surface area contributed by atoms with E-state index in [1.54, 1.807) is 0 Å². The summed E-state index contributed by atoms with van der Waals surface area (Å²) >= 11 is 0. The molecule has 4 saturated heterocycles. The molecule has 1 aromatic carbocycles. The summed E-state index contributed by atoms with van der Waals surface area (Å²) < 4.78 is 5.63. The first-order chi connectivity index (χ1) is 13.7. The third-order valence-corrected chi connectivity index (χ3v) is 7.55. The fraction of sp³-hybridized carbons (Fsp3) is 0.652. The summed E-state index contributed by atoms with van der Waals surface area (Å²) in [6.07, 6.45) is 5.49. The van der Waals surface area contributed by atoms with Crippen molar-refractivity contribution in [3.8, 4) is 0 Å². The van der Waals surface area contributed by atoms with E-state index in [0.717, 1.165) is 50.9 Å². The highest BCUT2D eigenvalue weighted by atomic mass is 16.5. The molecule has 2 bridgehead atoms. The predicted octanol–water partition coefficient (Wildman–Crippen LogP) is 2.59. The number of hydrogen-bond donors (Lipinski definition) is 0. The van der Waals surface area contributed by atoms with E-state index in [-0.39, 0.29) is 5.91 Å². The second kappa shape index (κ2) is 7.18. The van der Waals surface area contributed by atoms with E-state index < -0.39 is 5.41 Å². The third kappa shape index (κ3) is 2.95. The summed E-state index contributed by atoms with van der Waals surface area (Å²) in [5.74, 6) is 1.48. The van der Waals surface area contributed by atoms with Gasteiger partial charge in [-0.25, -0.2) is 0 Å². The van der Waals surface area contributed by atoms with E-state index in [1.807, 2.05) is 18.2 Å². The van der Waals surface area contributed by atoms with Crippen molar-refractivity contribution in [1.29, 1.82) is 0 Å². The van der Waals surface area contributed by atoms with Gasteiger partial charge in [0.1, 0.15) is 0 Å². The first-order valence-electron chi connectivity index (χ1n) is 10.9. The van der Waals surface area contributed by atoms with Crippen molar-refractivity contribution < 1.29 is 14.3 Å². The van der Waals surface area contributed by atoms with Gasteiger partial charge in [-0.05, 0) is 49.5 Å². The minimum Gasteiger partial charge on any atom is -0.381 e. The lowest BCUT2D eigenvalue weighted by molar-refractivity contribution is -0.153. The van der Waals surface area contributed by atoms with Gasteiger partial charge < -0.3 is 14.5 Å². The maximum absolute atomic E-state index is 13.9. The van der Waals surface area contributed by atoms with Crippen LogP contribution in [0, 0.1) is 11.8 Å². The highest BCUT2D eigenvalue weighted by Crippen LogP contribution is 2.42. The minimum atomic E-state index is -0.451. The van der Waals surface area contributed by atoms with Crippen LogP contribution >= 0.6 is 0 Å². The third-order valence-electron chi connectivity index (χ3n) is 7.55. The van der Waals surface area contributed by atoms with Crippen molar-refractivity contribution in [3.05, 3.63) is 35.9 Å². The fourth-order valence-electron chi connectivity index (χ4n) is 6.18. The van der Waals surface area contributed by atoms with Gasteiger partial charge in [0.2, 0.25) is 11.8 Å². The molecule has 150 valence electrons. The Morgan fingerprint density at radius 2 is 1.86 bits per heavy atom. The van der Waals surface area contributed by atoms with E-state index >= 15 is 0 Å². The fourth-order valence-corrected chi connectivity index (χ4v) is 6.18. The lowest BCUT2D eigenvalue weighted by Gasteiger charge is -2.53. The standard InChI is InChI=1S/C23H30N2O3/c26-21-8-4-7-20-18-13-17(15-25(20)21)14-24(16-18)22(27)23(9-11-28-12-10-23)19-5-2-1-3-6-19/h1-3,5-6,17-18,20H,4,7-16H2/t17-,18+,20?/m1/s1. The molecule has 3 atom stereocenters. The van der Waals surface area contributed by atoms with Crippen LogP contribution in [-0.4, -0.2) is 60.5 Å². The van der Waals surface area contributed by atoms with Gasteiger partial charge in [0.15, 0.2) is 0 Å². The normalized spacial score (nSPS) is 32.0. The van der Waals surface area contributed by atoms with Crippen LogP contribution in [0.4, 0.5) is 0 Å². The van der Waals surface area contributed by atoms with Crippen LogP contribution in [0.1, 0.15) is 44.1 Å². The number of rotatable bonds is 2. The Bertz CT molecular complexity index is 743. The van der Waals surface area contributed by atoms with Gasteiger partial charge in [0.05, 0.1) is 5.41 Å². The topological polar surface area (TPSA) is 49.9 Å². The molecule has 4 heterocycles. The van der Waals surface area contributed by atoms with Gasteiger partial charge in [-0.2, -0.15) is 0 Å². The van der Waals surface area contributed by atoms with Crippen molar-refractivity contribution in [2.45, 2.75) is 50.0 Å². The quantitative estimate of drug-likeness (QED) is 0.790. The number of benzene rings is 1. The number of carbonyl (C=O) groups is 2. The minimum absolute atomic E-state index is 0.285. The predicted molar refractivity (Wildman–Crippen MR) is 106 cm³/mol. The molecule has 4 aliphatic rings. The Hall–Kier alpha value is -1.88. The van der Waals surface area contributed by atoms with Crippen LogP contribution < -0.4 is 0 Å².